The van der Waals surface area contributed by atoms with Crippen molar-refractivity contribution in [3.63, 3.8) is 0 Å². The van der Waals surface area contributed by atoms with Gasteiger partial charge in [0.1, 0.15) is 0 Å². The molecule has 0 radical (unpaired) electrons. The number of nitrogens with one attached hydrogen (secondary N) is 1. The molecule has 0 aliphatic heterocycles. The molecule has 2 nitrogen and oxygen atoms in total. The fourth-order valence-electron chi connectivity index (χ4n) is 2.87. The zero-order chi connectivity index (χ0) is 10.8. The van der Waals surface area contributed by atoms with E-state index in [9.17, 15) is 0 Å². The lowest BCUT2D eigenvalue weighted by atomic mass is 9.85. The average molecular weight is 198 g/mol. The van der Waals surface area contributed by atoms with E-state index in [2.05, 4.69) is 45.1 Å². The highest BCUT2D eigenvalue weighted by molar-refractivity contribution is 4.96. The highest BCUT2D eigenvalue weighted by atomic mass is 15.1. The summed E-state index contributed by atoms with van der Waals surface area (Å²) >= 11 is 0. The number of rotatable bonds is 4. The molecular weight excluding hydrogens is 172 g/mol. The van der Waals surface area contributed by atoms with Crippen molar-refractivity contribution in [2.24, 2.45) is 11.3 Å². The lowest BCUT2D eigenvalue weighted by molar-refractivity contribution is 0.215. The van der Waals surface area contributed by atoms with Crippen molar-refractivity contribution in [3.05, 3.63) is 0 Å². The number of nitrogens with zero attached hydrogens (tertiary/aromatic N) is 1. The second-order valence-electron chi connectivity index (χ2n) is 5.41. The van der Waals surface area contributed by atoms with E-state index >= 15 is 0 Å². The molecule has 0 aromatic carbocycles. The van der Waals surface area contributed by atoms with Gasteiger partial charge in [0.25, 0.3) is 0 Å². The quantitative estimate of drug-likeness (QED) is 0.743. The predicted molar refractivity (Wildman–Crippen MR) is 62.5 cm³/mol. The van der Waals surface area contributed by atoms with Crippen molar-refractivity contribution in [3.8, 4) is 0 Å². The molecule has 1 saturated carbocycles. The largest absolute Gasteiger partial charge is 0.316 e. The highest BCUT2D eigenvalue weighted by Gasteiger charge is 2.40. The number of hydrogen-bond donors (Lipinski definition) is 1. The first-order valence-electron chi connectivity index (χ1n) is 5.87. The Morgan fingerprint density at radius 1 is 1.43 bits per heavy atom. The zero-order valence-corrected chi connectivity index (χ0v) is 10.4. The number of hydrogen-bond acceptors (Lipinski definition) is 2. The molecule has 2 atom stereocenters. The van der Waals surface area contributed by atoms with Gasteiger partial charge in [-0.15, -0.1) is 0 Å². The minimum Gasteiger partial charge on any atom is -0.316 e. The monoisotopic (exact) mass is 198 g/mol. The van der Waals surface area contributed by atoms with Crippen LogP contribution in [0.4, 0.5) is 0 Å². The minimum atomic E-state index is 0.480. The summed E-state index contributed by atoms with van der Waals surface area (Å²) < 4.78 is 0. The van der Waals surface area contributed by atoms with Crippen LogP contribution in [-0.2, 0) is 0 Å². The molecule has 2 heteroatoms. The molecule has 0 aromatic rings. The normalized spacial score (nSPS) is 31.3. The molecule has 0 aromatic heterocycles. The summed E-state index contributed by atoms with van der Waals surface area (Å²) in [6.07, 6.45) is 2.74. The third-order valence-corrected chi connectivity index (χ3v) is 3.87. The van der Waals surface area contributed by atoms with Crippen LogP contribution in [0.3, 0.4) is 0 Å². The third kappa shape index (κ3) is 2.48. The summed E-state index contributed by atoms with van der Waals surface area (Å²) in [6.45, 7) is 9.41. The van der Waals surface area contributed by atoms with Crippen molar-refractivity contribution in [2.45, 2.75) is 39.7 Å². The van der Waals surface area contributed by atoms with E-state index in [0.29, 0.717) is 11.5 Å². The van der Waals surface area contributed by atoms with Gasteiger partial charge >= 0.3 is 0 Å². The minimum absolute atomic E-state index is 0.480. The first-order chi connectivity index (χ1) is 6.51. The Bertz CT molecular complexity index is 177. The van der Waals surface area contributed by atoms with Gasteiger partial charge in [-0.25, -0.2) is 0 Å². The molecule has 2 unspecified atom stereocenters. The van der Waals surface area contributed by atoms with Gasteiger partial charge in [-0.1, -0.05) is 20.8 Å². The lowest BCUT2D eigenvalue weighted by Gasteiger charge is -2.32. The Morgan fingerprint density at radius 3 is 2.57 bits per heavy atom. The van der Waals surface area contributed by atoms with Gasteiger partial charge in [-0.2, -0.15) is 0 Å². The van der Waals surface area contributed by atoms with Gasteiger partial charge in [0.05, 0.1) is 0 Å². The van der Waals surface area contributed by atoms with Gasteiger partial charge in [0.2, 0.25) is 0 Å². The van der Waals surface area contributed by atoms with Gasteiger partial charge in [-0.05, 0) is 44.8 Å². The summed E-state index contributed by atoms with van der Waals surface area (Å²) in [4.78, 5) is 2.43. The van der Waals surface area contributed by atoms with Gasteiger partial charge in [-0.3, -0.25) is 0 Å². The van der Waals surface area contributed by atoms with Crippen molar-refractivity contribution in [1.82, 2.24) is 10.2 Å². The van der Waals surface area contributed by atoms with Crippen molar-refractivity contribution < 1.29 is 0 Å². The maximum absolute atomic E-state index is 3.51. The standard InChI is InChI=1S/C12H26N2/c1-6-14(5)9-10-7-8-12(2,3)11(10)13-4/h10-11,13H,6-9H2,1-5H3. The first kappa shape index (κ1) is 12.0. The fourth-order valence-corrected chi connectivity index (χ4v) is 2.87. The summed E-state index contributed by atoms with van der Waals surface area (Å²) in [6, 6.07) is 0.691. The van der Waals surface area contributed by atoms with E-state index < -0.39 is 0 Å². The Hall–Kier alpha value is -0.0800. The molecule has 1 rings (SSSR count). The van der Waals surface area contributed by atoms with Crippen LogP contribution in [0, 0.1) is 11.3 Å². The van der Waals surface area contributed by atoms with Crippen molar-refractivity contribution in [2.75, 3.05) is 27.2 Å². The topological polar surface area (TPSA) is 15.3 Å². The Kier molecular flexibility index (Phi) is 3.96. The van der Waals surface area contributed by atoms with E-state index in [4.69, 9.17) is 0 Å². The molecule has 0 amide bonds. The van der Waals surface area contributed by atoms with Crippen LogP contribution in [0.2, 0.25) is 0 Å². The Morgan fingerprint density at radius 2 is 2.07 bits per heavy atom. The van der Waals surface area contributed by atoms with Crippen LogP contribution in [0.5, 0.6) is 0 Å². The average Bonchev–Trinajstić information content (AvgIpc) is 2.41. The first-order valence-corrected chi connectivity index (χ1v) is 5.87. The third-order valence-electron chi connectivity index (χ3n) is 3.87. The van der Waals surface area contributed by atoms with Crippen LogP contribution >= 0.6 is 0 Å². The molecular formula is C12H26N2. The Labute approximate surface area is 89.1 Å². The predicted octanol–water partition coefficient (Wildman–Crippen LogP) is 1.96. The molecule has 1 N–H and O–H groups in total. The summed E-state index contributed by atoms with van der Waals surface area (Å²) in [5, 5.41) is 3.51. The van der Waals surface area contributed by atoms with E-state index in [-0.39, 0.29) is 0 Å². The second-order valence-corrected chi connectivity index (χ2v) is 5.41. The SMILES string of the molecule is CCN(C)CC1CCC(C)(C)C1NC. The molecule has 1 fully saturated rings. The molecule has 1 aliphatic rings. The Balaban J connectivity index is 2.54. The van der Waals surface area contributed by atoms with Gasteiger partial charge in [0.15, 0.2) is 0 Å². The van der Waals surface area contributed by atoms with E-state index in [0.717, 1.165) is 12.5 Å². The van der Waals surface area contributed by atoms with Crippen molar-refractivity contribution >= 4 is 0 Å². The van der Waals surface area contributed by atoms with Crippen molar-refractivity contribution in [1.29, 1.82) is 0 Å². The molecule has 14 heavy (non-hydrogen) atoms. The summed E-state index contributed by atoms with van der Waals surface area (Å²) in [5.41, 5.74) is 0.480. The van der Waals surface area contributed by atoms with Crippen LogP contribution in [0.15, 0.2) is 0 Å². The van der Waals surface area contributed by atoms with Gasteiger partial charge in [0, 0.05) is 12.6 Å². The molecule has 1 aliphatic carbocycles. The summed E-state index contributed by atoms with van der Waals surface area (Å²) in [7, 11) is 4.33. The summed E-state index contributed by atoms with van der Waals surface area (Å²) in [5.74, 6) is 0.833. The van der Waals surface area contributed by atoms with E-state index in [1.54, 1.807) is 0 Å². The molecule has 0 bridgehead atoms. The van der Waals surface area contributed by atoms with Crippen LogP contribution in [-0.4, -0.2) is 38.1 Å². The maximum atomic E-state index is 3.51. The maximum Gasteiger partial charge on any atom is 0.0156 e. The van der Waals surface area contributed by atoms with E-state index in [1.807, 2.05) is 0 Å². The smallest absolute Gasteiger partial charge is 0.0156 e. The molecule has 84 valence electrons. The molecule has 0 saturated heterocycles. The van der Waals surface area contributed by atoms with E-state index in [1.165, 1.54) is 19.4 Å². The van der Waals surface area contributed by atoms with Gasteiger partial charge < -0.3 is 10.2 Å². The van der Waals surface area contributed by atoms with Crippen LogP contribution < -0.4 is 5.32 Å². The zero-order valence-electron chi connectivity index (χ0n) is 10.4. The second kappa shape index (κ2) is 4.63. The molecule has 0 heterocycles. The highest BCUT2D eigenvalue weighted by Crippen LogP contribution is 2.41. The fraction of sp³-hybridized carbons (Fsp3) is 1.00. The lowest BCUT2D eigenvalue weighted by Crippen LogP contribution is -2.43. The molecule has 0 spiro atoms. The van der Waals surface area contributed by atoms with Crippen LogP contribution in [0.25, 0.3) is 0 Å². The van der Waals surface area contributed by atoms with Crippen LogP contribution in [0.1, 0.15) is 33.6 Å².